The lowest BCUT2D eigenvalue weighted by molar-refractivity contribution is -0.116. The first-order valence-corrected chi connectivity index (χ1v) is 9.23. The van der Waals surface area contributed by atoms with Gasteiger partial charge in [0, 0.05) is 11.7 Å². The molecule has 0 fully saturated rings. The van der Waals surface area contributed by atoms with Gasteiger partial charge in [0.05, 0.1) is 11.3 Å². The molecule has 7 heteroatoms. The lowest BCUT2D eigenvalue weighted by Gasteiger charge is -2.22. The summed E-state index contributed by atoms with van der Waals surface area (Å²) in [5.74, 6) is -0.153. The third kappa shape index (κ3) is 3.10. The summed E-state index contributed by atoms with van der Waals surface area (Å²) in [7, 11) is 0. The van der Waals surface area contributed by atoms with Gasteiger partial charge in [0.15, 0.2) is 0 Å². The third-order valence-corrected chi connectivity index (χ3v) is 5.11. The van der Waals surface area contributed by atoms with Crippen LogP contribution in [0.25, 0.3) is 11.5 Å². The highest BCUT2D eigenvalue weighted by atomic mass is 32.2. The number of thioether (sulfide) groups is 1. The van der Waals surface area contributed by atoms with Crippen molar-refractivity contribution in [2.45, 2.75) is 24.6 Å². The number of amides is 1. The topological polar surface area (TPSA) is 59.2 Å². The molecule has 26 heavy (non-hydrogen) atoms. The Hall–Kier alpha value is -2.67. The molecule has 1 amide bonds. The number of carbonyl (C=O) groups is 1. The summed E-state index contributed by atoms with van der Waals surface area (Å²) in [6, 6.07) is 14.3. The number of fused-ring (bicyclic) bond motifs is 1. The molecule has 0 unspecified atom stereocenters. The monoisotopic (exact) mass is 369 g/mol. The van der Waals surface area contributed by atoms with Gasteiger partial charge >= 0.3 is 0 Å². The van der Waals surface area contributed by atoms with Gasteiger partial charge in [0.2, 0.25) is 5.91 Å². The van der Waals surface area contributed by atoms with Crippen molar-refractivity contribution in [3.05, 3.63) is 59.9 Å². The highest BCUT2D eigenvalue weighted by Gasteiger charge is 2.30. The van der Waals surface area contributed by atoms with Gasteiger partial charge in [0.25, 0.3) is 11.1 Å². The van der Waals surface area contributed by atoms with Gasteiger partial charge in [0.1, 0.15) is 5.82 Å². The lowest BCUT2D eigenvalue weighted by Crippen LogP contribution is -2.36. The summed E-state index contributed by atoms with van der Waals surface area (Å²) < 4.78 is 19.3. The van der Waals surface area contributed by atoms with Crippen LogP contribution in [0.4, 0.5) is 10.1 Å². The van der Waals surface area contributed by atoms with Crippen molar-refractivity contribution in [2.24, 2.45) is 0 Å². The van der Waals surface area contributed by atoms with Crippen LogP contribution in [-0.2, 0) is 11.2 Å². The predicted molar refractivity (Wildman–Crippen MR) is 97.5 cm³/mol. The van der Waals surface area contributed by atoms with Crippen LogP contribution in [0.3, 0.4) is 0 Å². The van der Waals surface area contributed by atoms with E-state index in [1.54, 1.807) is 18.2 Å². The number of carbonyl (C=O) groups excluding carboxylic acids is 1. The maximum atomic E-state index is 13.8. The Bertz CT molecular complexity index is 959. The van der Waals surface area contributed by atoms with Crippen LogP contribution >= 0.6 is 11.8 Å². The van der Waals surface area contributed by atoms with Crippen LogP contribution in [0, 0.1) is 5.82 Å². The Kier molecular flexibility index (Phi) is 4.46. The number of hydrogen-bond donors (Lipinski definition) is 0. The minimum Gasteiger partial charge on any atom is -0.411 e. The first-order chi connectivity index (χ1) is 12.6. The Morgan fingerprint density at radius 1 is 1.23 bits per heavy atom. The fraction of sp³-hybridized carbons (Fsp3) is 0.211. The zero-order valence-electron chi connectivity index (χ0n) is 14.1. The van der Waals surface area contributed by atoms with E-state index in [9.17, 15) is 9.18 Å². The van der Waals surface area contributed by atoms with E-state index in [0.717, 1.165) is 23.9 Å². The maximum Gasteiger partial charge on any atom is 0.277 e. The molecule has 132 valence electrons. The predicted octanol–water partition coefficient (Wildman–Crippen LogP) is 3.95. The van der Waals surface area contributed by atoms with Gasteiger partial charge in [-0.15, -0.1) is 10.2 Å². The number of anilines is 1. The number of halogens is 1. The highest BCUT2D eigenvalue weighted by molar-refractivity contribution is 7.99. The van der Waals surface area contributed by atoms with Gasteiger partial charge in [-0.25, -0.2) is 4.39 Å². The normalized spacial score (nSPS) is 15.9. The molecule has 1 aliphatic rings. The van der Waals surface area contributed by atoms with Crippen molar-refractivity contribution in [1.29, 1.82) is 0 Å². The van der Waals surface area contributed by atoms with Crippen LogP contribution < -0.4 is 4.90 Å². The van der Waals surface area contributed by atoms with Gasteiger partial charge < -0.3 is 9.32 Å². The SMILES string of the molecule is C[C@H]1Cc2ccccc2N1C(=O)CSc1nnc(-c2ccccc2F)o1. The number of rotatable bonds is 4. The molecule has 0 bridgehead atoms. The molecular formula is C19H16FN3O2S. The van der Waals surface area contributed by atoms with Gasteiger partial charge in [-0.2, -0.15) is 0 Å². The number of aromatic nitrogens is 2. The van der Waals surface area contributed by atoms with E-state index in [1.807, 2.05) is 36.1 Å². The molecule has 2 heterocycles. The van der Waals surface area contributed by atoms with Crippen molar-refractivity contribution >= 4 is 23.4 Å². The van der Waals surface area contributed by atoms with E-state index >= 15 is 0 Å². The van der Waals surface area contributed by atoms with Crippen molar-refractivity contribution in [1.82, 2.24) is 10.2 Å². The lowest BCUT2D eigenvalue weighted by atomic mass is 10.1. The number of hydrogen-bond acceptors (Lipinski definition) is 5. The molecule has 2 aromatic carbocycles. The van der Waals surface area contributed by atoms with Crippen molar-refractivity contribution in [3.63, 3.8) is 0 Å². The Morgan fingerprint density at radius 2 is 2.00 bits per heavy atom. The fourth-order valence-corrected chi connectivity index (χ4v) is 3.77. The quantitative estimate of drug-likeness (QED) is 0.652. The molecule has 3 aromatic rings. The molecule has 0 saturated carbocycles. The summed E-state index contributed by atoms with van der Waals surface area (Å²) >= 11 is 1.16. The average molecular weight is 369 g/mol. The largest absolute Gasteiger partial charge is 0.411 e. The van der Waals surface area contributed by atoms with Crippen molar-refractivity contribution in [3.8, 4) is 11.5 Å². The van der Waals surface area contributed by atoms with Gasteiger partial charge in [-0.3, -0.25) is 4.79 Å². The molecule has 0 saturated heterocycles. The zero-order valence-corrected chi connectivity index (χ0v) is 14.9. The standard InChI is InChI=1S/C19H16FN3O2S/c1-12-10-13-6-2-5-9-16(13)23(12)17(24)11-26-19-22-21-18(25-19)14-7-3-4-8-15(14)20/h2-9,12H,10-11H2,1H3/t12-/m0/s1. The number of nitrogens with zero attached hydrogens (tertiary/aromatic N) is 3. The molecule has 0 N–H and O–H groups in total. The van der Waals surface area contributed by atoms with Gasteiger partial charge in [-0.05, 0) is 37.1 Å². The smallest absolute Gasteiger partial charge is 0.277 e. The fourth-order valence-electron chi connectivity index (χ4n) is 3.15. The van der Waals surface area contributed by atoms with Crippen LogP contribution in [0.1, 0.15) is 12.5 Å². The zero-order chi connectivity index (χ0) is 18.1. The highest BCUT2D eigenvalue weighted by Crippen LogP contribution is 2.33. The summed E-state index contributed by atoms with van der Waals surface area (Å²) in [6.45, 7) is 2.03. The van der Waals surface area contributed by atoms with E-state index in [-0.39, 0.29) is 34.4 Å². The third-order valence-electron chi connectivity index (χ3n) is 4.31. The van der Waals surface area contributed by atoms with E-state index < -0.39 is 5.82 Å². The summed E-state index contributed by atoms with van der Waals surface area (Å²) in [5.41, 5.74) is 2.39. The number of para-hydroxylation sites is 1. The van der Waals surface area contributed by atoms with Crippen LogP contribution in [0.15, 0.2) is 58.2 Å². The first kappa shape index (κ1) is 16.8. The van der Waals surface area contributed by atoms with E-state index in [0.29, 0.717) is 0 Å². The Balaban J connectivity index is 1.45. The second-order valence-electron chi connectivity index (χ2n) is 6.09. The Morgan fingerprint density at radius 3 is 2.85 bits per heavy atom. The van der Waals surface area contributed by atoms with Gasteiger partial charge in [-0.1, -0.05) is 42.1 Å². The molecule has 1 aromatic heterocycles. The van der Waals surface area contributed by atoms with Crippen LogP contribution in [0.5, 0.6) is 0 Å². The van der Waals surface area contributed by atoms with E-state index in [2.05, 4.69) is 10.2 Å². The van der Waals surface area contributed by atoms with Crippen molar-refractivity contribution in [2.75, 3.05) is 10.7 Å². The molecule has 4 rings (SSSR count). The molecule has 0 aliphatic carbocycles. The van der Waals surface area contributed by atoms with Crippen molar-refractivity contribution < 1.29 is 13.6 Å². The minimum atomic E-state index is -0.425. The van der Waals surface area contributed by atoms with E-state index in [1.165, 1.54) is 11.6 Å². The summed E-state index contributed by atoms with van der Waals surface area (Å²) in [6.07, 6.45) is 0.852. The maximum absolute atomic E-state index is 13.8. The average Bonchev–Trinajstić information content (AvgIpc) is 3.23. The molecule has 0 radical (unpaired) electrons. The number of benzene rings is 2. The second-order valence-corrected chi connectivity index (χ2v) is 7.01. The summed E-state index contributed by atoms with van der Waals surface area (Å²) in [4.78, 5) is 14.5. The van der Waals surface area contributed by atoms with E-state index in [4.69, 9.17) is 4.42 Å². The van der Waals surface area contributed by atoms with Crippen LogP contribution in [0.2, 0.25) is 0 Å². The Labute approximate surface area is 154 Å². The molecule has 1 atom stereocenters. The minimum absolute atomic E-state index is 0.0157. The van der Waals surface area contributed by atoms with Crippen LogP contribution in [-0.4, -0.2) is 27.9 Å². The molecule has 1 aliphatic heterocycles. The molecule has 5 nitrogen and oxygen atoms in total. The second kappa shape index (κ2) is 6.92. The summed E-state index contributed by atoms with van der Waals surface area (Å²) in [5, 5.41) is 8.02. The first-order valence-electron chi connectivity index (χ1n) is 8.24. The molecular weight excluding hydrogens is 353 g/mol. The molecule has 0 spiro atoms.